The van der Waals surface area contributed by atoms with Gasteiger partial charge in [0.1, 0.15) is 0 Å². The summed E-state index contributed by atoms with van der Waals surface area (Å²) in [6, 6.07) is 1.23. The molecule has 0 amide bonds. The van der Waals surface area contributed by atoms with Crippen molar-refractivity contribution >= 4 is 0 Å². The zero-order valence-corrected chi connectivity index (χ0v) is 13.8. The monoisotopic (exact) mass is 270 g/mol. The van der Waals surface area contributed by atoms with Crippen LogP contribution in [0.5, 0.6) is 0 Å². The van der Waals surface area contributed by atoms with Crippen LogP contribution in [0.15, 0.2) is 0 Å². The second kappa shape index (κ2) is 7.61. The predicted molar refractivity (Wildman–Crippen MR) is 82.6 cm³/mol. The van der Waals surface area contributed by atoms with Crippen molar-refractivity contribution in [3.63, 3.8) is 0 Å². The molecule has 1 saturated carbocycles. The van der Waals surface area contributed by atoms with E-state index < -0.39 is 0 Å². The number of methoxy groups -OCH3 is 1. The second-order valence-corrected chi connectivity index (χ2v) is 6.81. The third-order valence-corrected chi connectivity index (χ3v) is 4.76. The van der Waals surface area contributed by atoms with Gasteiger partial charge in [0.2, 0.25) is 0 Å². The van der Waals surface area contributed by atoms with E-state index in [1.165, 1.54) is 12.8 Å². The lowest BCUT2D eigenvalue weighted by atomic mass is 9.84. The zero-order chi connectivity index (χ0) is 14.5. The molecule has 19 heavy (non-hydrogen) atoms. The molecule has 3 nitrogen and oxygen atoms in total. The second-order valence-electron chi connectivity index (χ2n) is 6.81. The topological polar surface area (TPSA) is 24.5 Å². The summed E-state index contributed by atoms with van der Waals surface area (Å²) >= 11 is 0. The Balaban J connectivity index is 2.58. The third kappa shape index (κ3) is 5.41. The van der Waals surface area contributed by atoms with Gasteiger partial charge in [-0.05, 0) is 44.6 Å². The molecule has 0 saturated heterocycles. The van der Waals surface area contributed by atoms with E-state index in [2.05, 4.69) is 44.8 Å². The summed E-state index contributed by atoms with van der Waals surface area (Å²) in [6.07, 6.45) is 2.82. The lowest BCUT2D eigenvalue weighted by Gasteiger charge is -2.40. The summed E-state index contributed by atoms with van der Waals surface area (Å²) in [4.78, 5) is 2.63. The van der Waals surface area contributed by atoms with Crippen molar-refractivity contribution < 1.29 is 4.74 Å². The van der Waals surface area contributed by atoms with Crippen molar-refractivity contribution in [3.05, 3.63) is 0 Å². The highest BCUT2D eigenvalue weighted by atomic mass is 16.5. The minimum Gasteiger partial charge on any atom is -0.383 e. The zero-order valence-electron chi connectivity index (χ0n) is 13.8. The van der Waals surface area contributed by atoms with E-state index in [1.54, 1.807) is 7.11 Å². The van der Waals surface area contributed by atoms with Crippen molar-refractivity contribution in [2.45, 2.75) is 59.5 Å². The molecule has 2 unspecified atom stereocenters. The molecule has 0 spiro atoms. The number of hydrogen-bond acceptors (Lipinski definition) is 3. The van der Waals surface area contributed by atoms with E-state index in [4.69, 9.17) is 4.74 Å². The fraction of sp³-hybridized carbons (Fsp3) is 1.00. The molecule has 0 bridgehead atoms. The predicted octanol–water partition coefficient (Wildman–Crippen LogP) is 2.76. The van der Waals surface area contributed by atoms with Crippen LogP contribution in [0.4, 0.5) is 0 Å². The van der Waals surface area contributed by atoms with Gasteiger partial charge in [-0.3, -0.25) is 4.90 Å². The number of hydrogen-bond donors (Lipinski definition) is 1. The van der Waals surface area contributed by atoms with Gasteiger partial charge in [-0.2, -0.15) is 0 Å². The van der Waals surface area contributed by atoms with Crippen LogP contribution in [0.2, 0.25) is 0 Å². The summed E-state index contributed by atoms with van der Waals surface area (Å²) in [5, 5.41) is 3.57. The van der Waals surface area contributed by atoms with Crippen molar-refractivity contribution in [3.8, 4) is 0 Å². The van der Waals surface area contributed by atoms with Crippen LogP contribution in [0.3, 0.4) is 0 Å². The Kier molecular flexibility index (Phi) is 6.78. The van der Waals surface area contributed by atoms with Crippen LogP contribution < -0.4 is 5.32 Å². The lowest BCUT2D eigenvalue weighted by molar-refractivity contribution is 0.0710. The third-order valence-electron chi connectivity index (χ3n) is 4.76. The molecule has 0 aromatic rings. The molecule has 1 fully saturated rings. The van der Waals surface area contributed by atoms with Gasteiger partial charge in [0.15, 0.2) is 0 Å². The van der Waals surface area contributed by atoms with Crippen molar-refractivity contribution in [2.75, 3.05) is 33.4 Å². The van der Waals surface area contributed by atoms with Gasteiger partial charge in [0, 0.05) is 32.3 Å². The molecular formula is C16H34N2O. The summed E-state index contributed by atoms with van der Waals surface area (Å²) < 4.78 is 5.29. The van der Waals surface area contributed by atoms with Crippen molar-refractivity contribution in [2.24, 2.45) is 11.3 Å². The molecule has 2 atom stereocenters. The van der Waals surface area contributed by atoms with Crippen LogP contribution in [-0.2, 0) is 4.74 Å². The van der Waals surface area contributed by atoms with Crippen LogP contribution in [0.25, 0.3) is 0 Å². The Morgan fingerprint density at radius 3 is 2.42 bits per heavy atom. The number of nitrogens with zero attached hydrogens (tertiary/aromatic N) is 1. The van der Waals surface area contributed by atoms with Crippen molar-refractivity contribution in [1.29, 1.82) is 0 Å². The maximum Gasteiger partial charge on any atom is 0.0589 e. The Labute approximate surface area is 120 Å². The van der Waals surface area contributed by atoms with Gasteiger partial charge >= 0.3 is 0 Å². The van der Waals surface area contributed by atoms with Gasteiger partial charge in [0.05, 0.1) is 6.61 Å². The normalized spacial score (nSPS) is 19.7. The van der Waals surface area contributed by atoms with E-state index in [9.17, 15) is 0 Å². The fourth-order valence-electron chi connectivity index (χ4n) is 2.75. The van der Waals surface area contributed by atoms with E-state index in [0.717, 1.165) is 32.2 Å². The highest BCUT2D eigenvalue weighted by Crippen LogP contribution is 2.36. The first-order chi connectivity index (χ1) is 8.92. The summed E-state index contributed by atoms with van der Waals surface area (Å²) in [5.74, 6) is 0.919. The highest BCUT2D eigenvalue weighted by molar-refractivity contribution is 4.90. The minimum atomic E-state index is 0.285. The van der Waals surface area contributed by atoms with E-state index >= 15 is 0 Å². The van der Waals surface area contributed by atoms with E-state index in [-0.39, 0.29) is 5.41 Å². The highest BCUT2D eigenvalue weighted by Gasteiger charge is 2.35. The molecule has 0 aromatic carbocycles. The Hall–Kier alpha value is -0.120. The molecule has 1 aliphatic carbocycles. The SMILES string of the molecule is CCNC(C)C(C)(C)CN(CCOC)C(C)C1CC1. The maximum absolute atomic E-state index is 5.29. The van der Waals surface area contributed by atoms with Crippen LogP contribution in [0, 0.1) is 11.3 Å². The average Bonchev–Trinajstić information content (AvgIpc) is 3.18. The first-order valence-electron chi connectivity index (χ1n) is 7.88. The standard InChI is InChI=1S/C16H34N2O/c1-7-17-14(3)16(4,5)12-18(10-11-19-6)13(2)15-8-9-15/h13-15,17H,7-12H2,1-6H3. The molecular weight excluding hydrogens is 236 g/mol. The van der Waals surface area contributed by atoms with Gasteiger partial charge < -0.3 is 10.1 Å². The Bertz CT molecular complexity index is 251. The van der Waals surface area contributed by atoms with Gasteiger partial charge in [-0.1, -0.05) is 20.8 Å². The van der Waals surface area contributed by atoms with Gasteiger partial charge in [-0.15, -0.1) is 0 Å². The lowest BCUT2D eigenvalue weighted by Crippen LogP contribution is -2.50. The van der Waals surface area contributed by atoms with Crippen LogP contribution in [-0.4, -0.2) is 50.3 Å². The molecule has 0 aliphatic heterocycles. The van der Waals surface area contributed by atoms with Crippen LogP contribution >= 0.6 is 0 Å². The molecule has 1 rings (SSSR count). The first-order valence-corrected chi connectivity index (χ1v) is 7.88. The van der Waals surface area contributed by atoms with Gasteiger partial charge in [-0.25, -0.2) is 0 Å². The summed E-state index contributed by atoms with van der Waals surface area (Å²) in [6.45, 7) is 15.7. The van der Waals surface area contributed by atoms with Crippen molar-refractivity contribution in [1.82, 2.24) is 10.2 Å². The smallest absolute Gasteiger partial charge is 0.0589 e. The summed E-state index contributed by atoms with van der Waals surface area (Å²) in [5.41, 5.74) is 0.285. The Morgan fingerprint density at radius 2 is 1.95 bits per heavy atom. The van der Waals surface area contributed by atoms with Gasteiger partial charge in [0.25, 0.3) is 0 Å². The molecule has 3 heteroatoms. The Morgan fingerprint density at radius 1 is 1.32 bits per heavy atom. The number of ether oxygens (including phenoxy) is 1. The molecule has 1 aliphatic rings. The first kappa shape index (κ1) is 16.9. The maximum atomic E-state index is 5.29. The summed E-state index contributed by atoms with van der Waals surface area (Å²) in [7, 11) is 1.80. The average molecular weight is 270 g/mol. The van der Waals surface area contributed by atoms with E-state index in [1.807, 2.05) is 0 Å². The fourth-order valence-corrected chi connectivity index (χ4v) is 2.75. The molecule has 1 N–H and O–H groups in total. The van der Waals surface area contributed by atoms with E-state index in [0.29, 0.717) is 12.1 Å². The van der Waals surface area contributed by atoms with Crippen LogP contribution in [0.1, 0.15) is 47.5 Å². The quantitative estimate of drug-likeness (QED) is 0.660. The number of nitrogens with one attached hydrogen (secondary N) is 1. The molecule has 0 aromatic heterocycles. The largest absolute Gasteiger partial charge is 0.383 e. The molecule has 114 valence electrons. The molecule has 0 heterocycles. The minimum absolute atomic E-state index is 0.285. The molecule has 0 radical (unpaired) electrons. The number of rotatable bonds is 10.